The van der Waals surface area contributed by atoms with Crippen molar-refractivity contribution in [2.45, 2.75) is 6.18 Å². The van der Waals surface area contributed by atoms with E-state index in [1.54, 1.807) is 18.2 Å². The summed E-state index contributed by atoms with van der Waals surface area (Å²) in [5, 5.41) is 6.56. The fourth-order valence-electron chi connectivity index (χ4n) is 3.92. The second-order valence-electron chi connectivity index (χ2n) is 7.89. The van der Waals surface area contributed by atoms with Crippen LogP contribution in [0.5, 0.6) is 11.5 Å². The Morgan fingerprint density at radius 1 is 1.06 bits per heavy atom. The van der Waals surface area contributed by atoms with Gasteiger partial charge in [-0.25, -0.2) is 9.50 Å². The van der Waals surface area contributed by atoms with E-state index in [1.807, 2.05) is 0 Å². The average Bonchev–Trinajstić information content (AvgIpc) is 3.27. The molecule has 1 saturated heterocycles. The second-order valence-corrected chi connectivity index (χ2v) is 7.89. The Hall–Kier alpha value is -3.38. The third kappa shape index (κ3) is 4.50. The molecule has 9 nitrogen and oxygen atoms in total. The van der Waals surface area contributed by atoms with Gasteiger partial charge in [0.1, 0.15) is 18.8 Å². The molecule has 0 saturated carbocycles. The van der Waals surface area contributed by atoms with Gasteiger partial charge in [-0.3, -0.25) is 9.69 Å². The van der Waals surface area contributed by atoms with E-state index in [0.717, 1.165) is 25.4 Å². The first-order valence-corrected chi connectivity index (χ1v) is 10.8. The molecule has 3 aromatic rings. The topological polar surface area (TPSA) is 90.2 Å². The second kappa shape index (κ2) is 9.11. The molecule has 0 atom stereocenters. The average molecular weight is 477 g/mol. The Labute approximate surface area is 192 Å². The summed E-state index contributed by atoms with van der Waals surface area (Å²) in [7, 11) is 0. The van der Waals surface area contributed by atoms with Gasteiger partial charge in [0.2, 0.25) is 0 Å². The molecule has 0 radical (unpaired) electrons. The van der Waals surface area contributed by atoms with Crippen LogP contribution < -0.4 is 14.8 Å². The van der Waals surface area contributed by atoms with Gasteiger partial charge in [-0.05, 0) is 24.3 Å². The number of morpholine rings is 1. The zero-order valence-corrected chi connectivity index (χ0v) is 18.1. The first-order valence-electron chi connectivity index (χ1n) is 10.8. The van der Waals surface area contributed by atoms with Gasteiger partial charge in [0, 0.05) is 31.7 Å². The number of carbonyl (C=O) groups excluding carboxylic acids is 1. The summed E-state index contributed by atoms with van der Waals surface area (Å²) in [5.74, 6) is 0.397. The van der Waals surface area contributed by atoms with Crippen molar-refractivity contribution in [1.82, 2.24) is 24.8 Å². The van der Waals surface area contributed by atoms with Crippen LogP contribution in [0.1, 0.15) is 16.1 Å². The lowest BCUT2D eigenvalue weighted by Gasteiger charge is -2.26. The molecule has 0 aliphatic carbocycles. The van der Waals surface area contributed by atoms with Crippen LogP contribution in [0.25, 0.3) is 16.9 Å². The van der Waals surface area contributed by atoms with Crippen molar-refractivity contribution in [3.8, 4) is 22.8 Å². The van der Waals surface area contributed by atoms with E-state index in [4.69, 9.17) is 14.2 Å². The molecule has 5 rings (SSSR count). The molecule has 1 fully saturated rings. The molecule has 12 heteroatoms. The van der Waals surface area contributed by atoms with Crippen LogP contribution in [0.15, 0.2) is 30.5 Å². The van der Waals surface area contributed by atoms with Gasteiger partial charge >= 0.3 is 6.18 Å². The molecule has 34 heavy (non-hydrogen) atoms. The number of alkyl halides is 3. The summed E-state index contributed by atoms with van der Waals surface area (Å²) in [6.45, 7) is 4.48. The lowest BCUT2D eigenvalue weighted by molar-refractivity contribution is -0.142. The fraction of sp³-hybridized carbons (Fsp3) is 0.409. The summed E-state index contributed by atoms with van der Waals surface area (Å²) in [4.78, 5) is 19.3. The molecule has 1 aromatic carbocycles. The van der Waals surface area contributed by atoms with E-state index in [9.17, 15) is 18.0 Å². The van der Waals surface area contributed by atoms with Gasteiger partial charge in [0.25, 0.3) is 5.91 Å². The number of carbonyl (C=O) groups is 1. The number of hydrogen-bond acceptors (Lipinski definition) is 7. The van der Waals surface area contributed by atoms with Crippen molar-refractivity contribution in [2.75, 3.05) is 52.6 Å². The number of benzene rings is 1. The number of amides is 1. The van der Waals surface area contributed by atoms with Crippen molar-refractivity contribution in [3.05, 3.63) is 41.7 Å². The van der Waals surface area contributed by atoms with Crippen molar-refractivity contribution < 1.29 is 32.2 Å². The third-order valence-electron chi connectivity index (χ3n) is 5.66. The number of nitrogens with one attached hydrogen (secondary N) is 1. The van der Waals surface area contributed by atoms with Crippen LogP contribution in [-0.2, 0) is 10.9 Å². The van der Waals surface area contributed by atoms with Gasteiger partial charge in [-0.2, -0.15) is 18.3 Å². The third-order valence-corrected chi connectivity index (χ3v) is 5.66. The Balaban J connectivity index is 1.46. The molecule has 0 unspecified atom stereocenters. The molecule has 1 amide bonds. The predicted octanol–water partition coefficient (Wildman–Crippen LogP) is 2.25. The van der Waals surface area contributed by atoms with E-state index in [1.165, 1.54) is 0 Å². The highest BCUT2D eigenvalue weighted by molar-refractivity contribution is 5.99. The molecule has 2 aromatic heterocycles. The largest absolute Gasteiger partial charge is 0.486 e. The first-order chi connectivity index (χ1) is 16.4. The minimum absolute atomic E-state index is 0.0353. The van der Waals surface area contributed by atoms with Crippen LogP contribution in [-0.4, -0.2) is 78.0 Å². The Bertz CT molecular complexity index is 1210. The molecule has 1 N–H and O–H groups in total. The number of halogens is 3. The Morgan fingerprint density at radius 2 is 1.82 bits per heavy atom. The molecule has 0 spiro atoms. The molecule has 180 valence electrons. The molecule has 2 aliphatic rings. The highest BCUT2D eigenvalue weighted by atomic mass is 19.4. The van der Waals surface area contributed by atoms with Gasteiger partial charge < -0.3 is 19.5 Å². The van der Waals surface area contributed by atoms with Crippen LogP contribution in [0, 0.1) is 0 Å². The van der Waals surface area contributed by atoms with Crippen LogP contribution in [0.3, 0.4) is 0 Å². The van der Waals surface area contributed by atoms with E-state index >= 15 is 0 Å². The smallest absolute Gasteiger partial charge is 0.433 e. The number of nitrogens with zero attached hydrogens (tertiary/aromatic N) is 4. The van der Waals surface area contributed by atoms with E-state index in [-0.39, 0.29) is 16.9 Å². The zero-order chi connectivity index (χ0) is 23.7. The Morgan fingerprint density at radius 3 is 2.59 bits per heavy atom. The fourth-order valence-corrected chi connectivity index (χ4v) is 3.92. The quantitative estimate of drug-likeness (QED) is 0.603. The van der Waals surface area contributed by atoms with Crippen LogP contribution in [0.4, 0.5) is 13.2 Å². The summed E-state index contributed by atoms with van der Waals surface area (Å²) >= 11 is 0. The minimum atomic E-state index is -4.71. The van der Waals surface area contributed by atoms with E-state index in [0.29, 0.717) is 61.1 Å². The Kier molecular flexibility index (Phi) is 6.00. The normalized spacial score (nSPS) is 16.6. The van der Waals surface area contributed by atoms with E-state index < -0.39 is 17.8 Å². The number of ether oxygens (including phenoxy) is 3. The summed E-state index contributed by atoms with van der Waals surface area (Å²) < 4.78 is 58.5. The van der Waals surface area contributed by atoms with Crippen molar-refractivity contribution in [3.63, 3.8) is 0 Å². The minimum Gasteiger partial charge on any atom is -0.486 e. The standard InChI is InChI=1S/C22H22F3N5O4/c23-22(24,25)19-12-16(14-1-2-17-18(11-14)34-10-9-33-17)28-20-15(13-27-30(19)20)21(31)26-3-4-29-5-7-32-8-6-29/h1-2,11-13H,3-10H2,(H,26,31). The van der Waals surface area contributed by atoms with Crippen molar-refractivity contribution >= 4 is 11.6 Å². The molecular weight excluding hydrogens is 455 g/mol. The number of fused-ring (bicyclic) bond motifs is 2. The number of hydrogen-bond donors (Lipinski definition) is 1. The summed E-state index contributed by atoms with van der Waals surface area (Å²) in [6, 6.07) is 5.71. The highest BCUT2D eigenvalue weighted by Crippen LogP contribution is 2.36. The SMILES string of the molecule is O=C(NCCN1CCOCC1)c1cnn2c(C(F)(F)F)cc(-c3ccc4c(c3)OCCO4)nc12. The monoisotopic (exact) mass is 477 g/mol. The van der Waals surface area contributed by atoms with Gasteiger partial charge in [0.05, 0.1) is 25.1 Å². The van der Waals surface area contributed by atoms with Crippen molar-refractivity contribution in [1.29, 1.82) is 0 Å². The van der Waals surface area contributed by atoms with Gasteiger partial charge in [0.15, 0.2) is 22.8 Å². The zero-order valence-electron chi connectivity index (χ0n) is 18.1. The number of aromatic nitrogens is 3. The van der Waals surface area contributed by atoms with Crippen LogP contribution >= 0.6 is 0 Å². The van der Waals surface area contributed by atoms with Crippen molar-refractivity contribution in [2.24, 2.45) is 0 Å². The van der Waals surface area contributed by atoms with Gasteiger partial charge in [-0.1, -0.05) is 0 Å². The van der Waals surface area contributed by atoms with Crippen LogP contribution in [0.2, 0.25) is 0 Å². The molecule has 4 heterocycles. The molecular formula is C22H22F3N5O4. The maximum Gasteiger partial charge on any atom is 0.433 e. The lowest BCUT2D eigenvalue weighted by atomic mass is 10.1. The summed E-state index contributed by atoms with van der Waals surface area (Å²) in [6.07, 6.45) is -3.60. The number of rotatable bonds is 5. The van der Waals surface area contributed by atoms with Gasteiger partial charge in [-0.15, -0.1) is 0 Å². The highest BCUT2D eigenvalue weighted by Gasteiger charge is 2.36. The maximum absolute atomic E-state index is 13.9. The predicted molar refractivity (Wildman–Crippen MR) is 114 cm³/mol. The van der Waals surface area contributed by atoms with E-state index in [2.05, 4.69) is 20.3 Å². The summed E-state index contributed by atoms with van der Waals surface area (Å²) in [5.41, 5.74) is -0.804. The first kappa shape index (κ1) is 22.4. The maximum atomic E-state index is 13.9. The lowest BCUT2D eigenvalue weighted by Crippen LogP contribution is -2.41. The molecule has 0 bridgehead atoms. The molecule has 2 aliphatic heterocycles.